The molecule has 162 valence electrons. The van der Waals surface area contributed by atoms with Crippen molar-refractivity contribution in [2.45, 2.75) is 32.4 Å². The van der Waals surface area contributed by atoms with Gasteiger partial charge in [-0.15, -0.1) is 0 Å². The molecule has 2 heterocycles. The number of likely N-dealkylation sites (tertiary alicyclic amines) is 1. The van der Waals surface area contributed by atoms with E-state index >= 15 is 0 Å². The fourth-order valence-electron chi connectivity index (χ4n) is 4.24. The van der Waals surface area contributed by atoms with Gasteiger partial charge in [-0.3, -0.25) is 9.59 Å². The lowest BCUT2D eigenvalue weighted by atomic mass is 9.94. The van der Waals surface area contributed by atoms with Crippen LogP contribution in [0.2, 0.25) is 0 Å². The SMILES string of the molecule is Cc1ccc(C2/C(=C(\O)c3ccc4c(c3)CC(C)O4)C(=O)C(=O)N2CCN(C)C)cc1. The van der Waals surface area contributed by atoms with Gasteiger partial charge in [0.1, 0.15) is 17.6 Å². The van der Waals surface area contributed by atoms with Gasteiger partial charge in [0, 0.05) is 25.1 Å². The summed E-state index contributed by atoms with van der Waals surface area (Å²) in [7, 11) is 3.84. The fraction of sp³-hybridized carbons (Fsp3) is 0.360. The molecule has 2 aliphatic rings. The Morgan fingerprint density at radius 1 is 1.16 bits per heavy atom. The molecule has 2 unspecified atom stereocenters. The Balaban J connectivity index is 1.81. The smallest absolute Gasteiger partial charge is 0.295 e. The zero-order chi connectivity index (χ0) is 22.3. The molecule has 1 amide bonds. The first kappa shape index (κ1) is 21.1. The van der Waals surface area contributed by atoms with Crippen molar-refractivity contribution in [3.63, 3.8) is 0 Å². The van der Waals surface area contributed by atoms with Crippen molar-refractivity contribution in [3.05, 3.63) is 70.3 Å². The Kier molecular flexibility index (Phi) is 5.58. The van der Waals surface area contributed by atoms with Gasteiger partial charge < -0.3 is 19.6 Å². The van der Waals surface area contributed by atoms with E-state index in [1.807, 2.05) is 69.2 Å². The van der Waals surface area contributed by atoms with E-state index in [-0.39, 0.29) is 17.4 Å². The molecule has 0 spiro atoms. The van der Waals surface area contributed by atoms with Crippen LogP contribution in [0.5, 0.6) is 5.75 Å². The van der Waals surface area contributed by atoms with Crippen molar-refractivity contribution in [2.24, 2.45) is 0 Å². The van der Waals surface area contributed by atoms with E-state index in [1.54, 1.807) is 11.0 Å². The van der Waals surface area contributed by atoms with Crippen LogP contribution in [0.3, 0.4) is 0 Å². The van der Waals surface area contributed by atoms with Gasteiger partial charge >= 0.3 is 0 Å². The number of ketones is 1. The molecule has 1 saturated heterocycles. The first-order valence-corrected chi connectivity index (χ1v) is 10.6. The Morgan fingerprint density at radius 3 is 2.55 bits per heavy atom. The molecule has 0 saturated carbocycles. The summed E-state index contributed by atoms with van der Waals surface area (Å²) in [5.41, 5.74) is 3.55. The number of rotatable bonds is 5. The highest BCUT2D eigenvalue weighted by Gasteiger charge is 2.45. The van der Waals surface area contributed by atoms with Gasteiger partial charge in [-0.1, -0.05) is 29.8 Å². The standard InChI is InChI=1S/C25H28N2O4/c1-15-5-7-17(8-6-15)22-21(24(29)25(30)27(22)12-11-26(3)4)23(28)18-9-10-20-19(14-18)13-16(2)31-20/h5-10,14,16,22,28H,11-13H2,1-4H3/b23-21+. The zero-order valence-corrected chi connectivity index (χ0v) is 18.4. The molecule has 1 fully saturated rings. The number of benzene rings is 2. The van der Waals surface area contributed by atoms with E-state index < -0.39 is 17.7 Å². The highest BCUT2D eigenvalue weighted by molar-refractivity contribution is 6.46. The molecule has 2 aliphatic heterocycles. The van der Waals surface area contributed by atoms with Crippen LogP contribution in [0.15, 0.2) is 48.0 Å². The summed E-state index contributed by atoms with van der Waals surface area (Å²) in [5.74, 6) is -0.566. The Hall–Kier alpha value is -3.12. The fourth-order valence-corrected chi connectivity index (χ4v) is 4.24. The second kappa shape index (κ2) is 8.19. The molecule has 2 aromatic rings. The third kappa shape index (κ3) is 3.95. The molecule has 2 aromatic carbocycles. The average Bonchev–Trinajstić information content (AvgIpc) is 3.22. The summed E-state index contributed by atoms with van der Waals surface area (Å²) in [4.78, 5) is 29.5. The van der Waals surface area contributed by atoms with Crippen molar-refractivity contribution in [3.8, 4) is 5.75 Å². The van der Waals surface area contributed by atoms with Gasteiger partial charge in [0.2, 0.25) is 0 Å². The Bertz CT molecular complexity index is 1060. The number of carbonyl (C=O) groups excluding carboxylic acids is 2. The number of fused-ring (bicyclic) bond motifs is 1. The number of hydrogen-bond donors (Lipinski definition) is 1. The number of aryl methyl sites for hydroxylation is 1. The lowest BCUT2D eigenvalue weighted by Gasteiger charge is -2.26. The van der Waals surface area contributed by atoms with E-state index in [0.29, 0.717) is 18.7 Å². The maximum atomic E-state index is 13.1. The van der Waals surface area contributed by atoms with Crippen LogP contribution in [-0.2, 0) is 16.0 Å². The molecule has 2 atom stereocenters. The largest absolute Gasteiger partial charge is 0.507 e. The molecule has 0 aliphatic carbocycles. The Labute approximate surface area is 182 Å². The predicted octanol–water partition coefficient (Wildman–Crippen LogP) is 3.30. The topological polar surface area (TPSA) is 70.1 Å². The molecule has 31 heavy (non-hydrogen) atoms. The minimum absolute atomic E-state index is 0.0802. The normalized spacial score (nSPS) is 22.2. The lowest BCUT2D eigenvalue weighted by molar-refractivity contribution is -0.140. The number of amides is 1. The molecule has 6 heteroatoms. The maximum Gasteiger partial charge on any atom is 0.295 e. The summed E-state index contributed by atoms with van der Waals surface area (Å²) in [6.07, 6.45) is 0.825. The summed E-state index contributed by atoms with van der Waals surface area (Å²) in [6, 6.07) is 12.5. The molecule has 6 nitrogen and oxygen atoms in total. The third-order valence-corrected chi connectivity index (χ3v) is 5.89. The number of nitrogens with zero attached hydrogens (tertiary/aromatic N) is 2. The van der Waals surface area contributed by atoms with Gasteiger partial charge in [-0.2, -0.15) is 0 Å². The van der Waals surface area contributed by atoms with E-state index in [1.165, 1.54) is 0 Å². The van der Waals surface area contributed by atoms with Gasteiger partial charge in [-0.25, -0.2) is 0 Å². The third-order valence-electron chi connectivity index (χ3n) is 5.89. The number of carbonyl (C=O) groups is 2. The molecule has 1 N–H and O–H groups in total. The average molecular weight is 421 g/mol. The number of aliphatic hydroxyl groups is 1. The monoisotopic (exact) mass is 420 g/mol. The van der Waals surface area contributed by atoms with Crippen LogP contribution in [0.25, 0.3) is 5.76 Å². The van der Waals surface area contributed by atoms with Crippen molar-refractivity contribution in [2.75, 3.05) is 27.2 Å². The predicted molar refractivity (Wildman–Crippen MR) is 119 cm³/mol. The summed E-state index contributed by atoms with van der Waals surface area (Å²) in [5, 5.41) is 11.2. The van der Waals surface area contributed by atoms with E-state index in [4.69, 9.17) is 4.74 Å². The first-order valence-electron chi connectivity index (χ1n) is 10.6. The number of likely N-dealkylation sites (N-methyl/N-ethyl adjacent to an activating group) is 1. The van der Waals surface area contributed by atoms with Crippen molar-refractivity contribution in [1.29, 1.82) is 0 Å². The quantitative estimate of drug-likeness (QED) is 0.457. The summed E-state index contributed by atoms with van der Waals surface area (Å²) in [6.45, 7) is 4.99. The van der Waals surface area contributed by atoms with Crippen LogP contribution in [0.4, 0.5) is 0 Å². The van der Waals surface area contributed by atoms with Crippen LogP contribution in [0.1, 0.15) is 35.2 Å². The molecule has 4 rings (SSSR count). The molecule has 0 aromatic heterocycles. The van der Waals surface area contributed by atoms with E-state index in [2.05, 4.69) is 0 Å². The van der Waals surface area contributed by atoms with E-state index in [9.17, 15) is 14.7 Å². The minimum Gasteiger partial charge on any atom is -0.507 e. The van der Waals surface area contributed by atoms with Crippen LogP contribution >= 0.6 is 0 Å². The van der Waals surface area contributed by atoms with Gasteiger partial charge in [0.25, 0.3) is 11.7 Å². The van der Waals surface area contributed by atoms with Crippen molar-refractivity contribution >= 4 is 17.4 Å². The highest BCUT2D eigenvalue weighted by Crippen LogP contribution is 2.40. The first-order chi connectivity index (χ1) is 14.8. The van der Waals surface area contributed by atoms with Crippen LogP contribution < -0.4 is 4.74 Å². The van der Waals surface area contributed by atoms with Gasteiger partial charge in [-0.05, 0) is 57.3 Å². The highest BCUT2D eigenvalue weighted by atomic mass is 16.5. The van der Waals surface area contributed by atoms with Crippen LogP contribution in [-0.4, -0.2) is 59.9 Å². The summed E-state index contributed by atoms with van der Waals surface area (Å²) < 4.78 is 5.75. The number of Topliss-reactive ketones (excluding diaryl/α,β-unsaturated/α-hetero) is 1. The van der Waals surface area contributed by atoms with Crippen molar-refractivity contribution in [1.82, 2.24) is 9.80 Å². The number of hydrogen-bond acceptors (Lipinski definition) is 5. The minimum atomic E-state index is -0.646. The molecular weight excluding hydrogens is 392 g/mol. The van der Waals surface area contributed by atoms with E-state index in [0.717, 1.165) is 28.9 Å². The molecule has 0 bridgehead atoms. The number of aliphatic hydroxyl groups excluding tert-OH is 1. The van der Waals surface area contributed by atoms with Crippen LogP contribution in [0, 0.1) is 6.92 Å². The number of ether oxygens (including phenoxy) is 1. The van der Waals surface area contributed by atoms with Gasteiger partial charge in [0.05, 0.1) is 11.6 Å². The second-order valence-electron chi connectivity index (χ2n) is 8.66. The summed E-state index contributed by atoms with van der Waals surface area (Å²) >= 11 is 0. The Morgan fingerprint density at radius 2 is 1.87 bits per heavy atom. The second-order valence-corrected chi connectivity index (χ2v) is 8.66. The molecular formula is C25H28N2O4. The maximum absolute atomic E-state index is 13.1. The van der Waals surface area contributed by atoms with Gasteiger partial charge in [0.15, 0.2) is 0 Å². The van der Waals surface area contributed by atoms with Crippen molar-refractivity contribution < 1.29 is 19.4 Å². The molecule has 0 radical (unpaired) electrons. The lowest BCUT2D eigenvalue weighted by Crippen LogP contribution is -2.35. The zero-order valence-electron chi connectivity index (χ0n) is 18.4.